The number of aromatic nitrogens is 4. The van der Waals surface area contributed by atoms with Gasteiger partial charge in [-0.1, -0.05) is 30.3 Å². The number of likely N-dealkylation sites (tertiary alicyclic amines) is 1. The van der Waals surface area contributed by atoms with Gasteiger partial charge in [0, 0.05) is 24.7 Å². The Bertz CT molecular complexity index is 709. The predicted molar refractivity (Wildman–Crippen MR) is 101 cm³/mol. The van der Waals surface area contributed by atoms with Gasteiger partial charge in [0.15, 0.2) is 0 Å². The molecule has 8 heteroatoms. The summed E-state index contributed by atoms with van der Waals surface area (Å²) in [6.45, 7) is 2.91. The minimum atomic E-state index is 0. The van der Waals surface area contributed by atoms with Gasteiger partial charge < -0.3 is 10.2 Å². The molecular weight excluding hydrogens is 352 g/mol. The van der Waals surface area contributed by atoms with E-state index in [0.29, 0.717) is 11.9 Å². The van der Waals surface area contributed by atoms with Crippen LogP contribution in [-0.2, 0) is 11.3 Å². The van der Waals surface area contributed by atoms with Gasteiger partial charge in [-0.3, -0.25) is 4.79 Å². The highest BCUT2D eigenvalue weighted by Crippen LogP contribution is 2.28. The summed E-state index contributed by atoms with van der Waals surface area (Å²) in [5, 5.41) is 16.0. The maximum Gasteiger partial charge on any atom is 0.246 e. The molecule has 1 amide bonds. The summed E-state index contributed by atoms with van der Waals surface area (Å²) in [6, 6.07) is 10.2. The fourth-order valence-corrected chi connectivity index (χ4v) is 3.22. The molecule has 0 spiro atoms. The number of rotatable bonds is 6. The van der Waals surface area contributed by atoms with Crippen molar-refractivity contribution in [1.82, 2.24) is 30.4 Å². The number of amides is 1. The molecule has 2 heterocycles. The number of benzene rings is 1. The summed E-state index contributed by atoms with van der Waals surface area (Å²) in [7, 11) is 0. The molecule has 2 aromatic rings. The third-order valence-corrected chi connectivity index (χ3v) is 5.00. The van der Waals surface area contributed by atoms with Gasteiger partial charge in [-0.25, -0.2) is 0 Å². The molecule has 1 N–H and O–H groups in total. The van der Waals surface area contributed by atoms with Crippen LogP contribution in [0.3, 0.4) is 0 Å². The van der Waals surface area contributed by atoms with Crippen LogP contribution in [-0.4, -0.2) is 56.7 Å². The number of carbonyl (C=O) groups is 1. The summed E-state index contributed by atoms with van der Waals surface area (Å²) in [5.74, 6) is 1.52. The lowest BCUT2D eigenvalue weighted by atomic mass is 10.0. The monoisotopic (exact) mass is 376 g/mol. The number of piperidine rings is 1. The van der Waals surface area contributed by atoms with Crippen LogP contribution in [0.25, 0.3) is 11.4 Å². The van der Waals surface area contributed by atoms with Crippen molar-refractivity contribution in [3.63, 3.8) is 0 Å². The standard InChI is InChI=1S/C18H24N6O.ClH/c25-17(23-10-8-16(9-11-23)19-12-14-6-7-14)13-24-21-18(20-22-24)15-4-2-1-3-5-15;/h1-5,14,16,19H,6-13H2;1H. The largest absolute Gasteiger partial charge is 0.341 e. The van der Waals surface area contributed by atoms with E-state index >= 15 is 0 Å². The number of carbonyl (C=O) groups excluding carboxylic acids is 1. The number of nitrogens with zero attached hydrogens (tertiary/aromatic N) is 5. The Labute approximate surface area is 159 Å². The van der Waals surface area contributed by atoms with Crippen LogP contribution in [0, 0.1) is 5.92 Å². The molecule has 1 aromatic heterocycles. The maximum absolute atomic E-state index is 12.5. The first kappa shape index (κ1) is 18.8. The van der Waals surface area contributed by atoms with Gasteiger partial charge in [0.2, 0.25) is 11.7 Å². The minimum Gasteiger partial charge on any atom is -0.341 e. The smallest absolute Gasteiger partial charge is 0.246 e. The molecule has 1 saturated carbocycles. The molecule has 1 aliphatic heterocycles. The molecule has 1 aromatic carbocycles. The van der Waals surface area contributed by atoms with E-state index in [2.05, 4.69) is 20.7 Å². The van der Waals surface area contributed by atoms with Crippen molar-refractivity contribution in [3.8, 4) is 11.4 Å². The summed E-state index contributed by atoms with van der Waals surface area (Å²) in [4.78, 5) is 15.8. The summed E-state index contributed by atoms with van der Waals surface area (Å²) < 4.78 is 0. The summed E-state index contributed by atoms with van der Waals surface area (Å²) in [6.07, 6.45) is 4.80. The molecule has 0 atom stereocenters. The highest BCUT2D eigenvalue weighted by Gasteiger charge is 2.26. The molecule has 1 saturated heterocycles. The van der Waals surface area contributed by atoms with Crippen LogP contribution in [0.2, 0.25) is 0 Å². The maximum atomic E-state index is 12.5. The minimum absolute atomic E-state index is 0. The molecular formula is C18H25ClN6O. The SMILES string of the molecule is Cl.O=C(Cn1nnc(-c2ccccc2)n1)N1CCC(NCC2CC2)CC1. The second-order valence-electron chi connectivity index (χ2n) is 7.02. The summed E-state index contributed by atoms with van der Waals surface area (Å²) in [5.41, 5.74) is 0.906. The van der Waals surface area contributed by atoms with Crippen molar-refractivity contribution >= 4 is 18.3 Å². The quantitative estimate of drug-likeness (QED) is 0.831. The van der Waals surface area contributed by atoms with E-state index in [0.717, 1.165) is 44.0 Å². The Morgan fingerprint density at radius 3 is 2.54 bits per heavy atom. The Morgan fingerprint density at radius 2 is 1.85 bits per heavy atom. The lowest BCUT2D eigenvalue weighted by Crippen LogP contribution is -2.46. The van der Waals surface area contributed by atoms with Gasteiger partial charge in [0.1, 0.15) is 6.54 Å². The number of halogens is 1. The van der Waals surface area contributed by atoms with Crippen LogP contribution >= 0.6 is 12.4 Å². The zero-order chi connectivity index (χ0) is 17.1. The first-order valence-corrected chi connectivity index (χ1v) is 9.12. The van der Waals surface area contributed by atoms with Crippen molar-refractivity contribution in [1.29, 1.82) is 0 Å². The molecule has 4 rings (SSSR count). The Kier molecular flexibility index (Phi) is 6.21. The molecule has 26 heavy (non-hydrogen) atoms. The topological polar surface area (TPSA) is 75.9 Å². The zero-order valence-electron chi connectivity index (χ0n) is 14.8. The molecule has 7 nitrogen and oxygen atoms in total. The van der Waals surface area contributed by atoms with Crippen LogP contribution in [0.1, 0.15) is 25.7 Å². The highest BCUT2D eigenvalue weighted by atomic mass is 35.5. The normalized spacial score (nSPS) is 17.8. The summed E-state index contributed by atoms with van der Waals surface area (Å²) >= 11 is 0. The zero-order valence-corrected chi connectivity index (χ0v) is 15.6. The van der Waals surface area contributed by atoms with E-state index < -0.39 is 0 Å². The fourth-order valence-electron chi connectivity index (χ4n) is 3.22. The highest BCUT2D eigenvalue weighted by molar-refractivity contribution is 5.85. The van der Waals surface area contributed by atoms with E-state index in [9.17, 15) is 4.79 Å². The van der Waals surface area contributed by atoms with Crippen LogP contribution < -0.4 is 5.32 Å². The molecule has 140 valence electrons. The molecule has 2 fully saturated rings. The lowest BCUT2D eigenvalue weighted by Gasteiger charge is -2.32. The number of hydrogen-bond acceptors (Lipinski definition) is 5. The molecule has 0 bridgehead atoms. The fraction of sp³-hybridized carbons (Fsp3) is 0.556. The van der Waals surface area contributed by atoms with Crippen molar-refractivity contribution in [2.45, 2.75) is 38.3 Å². The number of tetrazole rings is 1. The third-order valence-electron chi connectivity index (χ3n) is 5.00. The predicted octanol–water partition coefficient (Wildman–Crippen LogP) is 1.75. The van der Waals surface area contributed by atoms with Gasteiger partial charge in [-0.05, 0) is 43.4 Å². The van der Waals surface area contributed by atoms with Gasteiger partial charge in [-0.2, -0.15) is 4.80 Å². The molecule has 1 aliphatic carbocycles. The molecule has 2 aliphatic rings. The third kappa shape index (κ3) is 4.80. The molecule has 0 unspecified atom stereocenters. The van der Waals surface area contributed by atoms with Gasteiger partial charge in [0.25, 0.3) is 0 Å². The number of nitrogens with one attached hydrogen (secondary N) is 1. The second-order valence-corrected chi connectivity index (χ2v) is 7.02. The van der Waals surface area contributed by atoms with E-state index in [1.165, 1.54) is 17.6 Å². The van der Waals surface area contributed by atoms with E-state index in [1.54, 1.807) is 0 Å². The van der Waals surface area contributed by atoms with Crippen molar-refractivity contribution in [3.05, 3.63) is 30.3 Å². The van der Waals surface area contributed by atoms with E-state index in [4.69, 9.17) is 0 Å². The van der Waals surface area contributed by atoms with Crippen molar-refractivity contribution in [2.24, 2.45) is 5.92 Å². The van der Waals surface area contributed by atoms with Gasteiger partial charge in [0.05, 0.1) is 0 Å². The first-order valence-electron chi connectivity index (χ1n) is 9.12. The van der Waals surface area contributed by atoms with E-state index in [1.807, 2.05) is 35.2 Å². The van der Waals surface area contributed by atoms with Crippen molar-refractivity contribution in [2.75, 3.05) is 19.6 Å². The second kappa shape index (κ2) is 8.60. The van der Waals surface area contributed by atoms with Crippen molar-refractivity contribution < 1.29 is 4.79 Å². The average Bonchev–Trinajstić information content (AvgIpc) is 3.38. The molecule has 0 radical (unpaired) electrons. The van der Waals surface area contributed by atoms with Crippen LogP contribution in [0.5, 0.6) is 0 Å². The van der Waals surface area contributed by atoms with Gasteiger partial charge in [-0.15, -0.1) is 22.6 Å². The first-order chi connectivity index (χ1) is 12.3. The Balaban J connectivity index is 0.00000196. The van der Waals surface area contributed by atoms with Crippen LogP contribution in [0.15, 0.2) is 30.3 Å². The van der Waals surface area contributed by atoms with E-state index in [-0.39, 0.29) is 24.9 Å². The van der Waals surface area contributed by atoms with Gasteiger partial charge >= 0.3 is 0 Å². The Hall–Kier alpha value is -1.99. The Morgan fingerprint density at radius 1 is 1.12 bits per heavy atom. The number of hydrogen-bond donors (Lipinski definition) is 1. The average molecular weight is 377 g/mol. The van der Waals surface area contributed by atoms with Crippen LogP contribution in [0.4, 0.5) is 0 Å². The lowest BCUT2D eigenvalue weighted by molar-refractivity contribution is -0.133.